The third kappa shape index (κ3) is 2.27. The van der Waals surface area contributed by atoms with Gasteiger partial charge in [0.1, 0.15) is 5.75 Å². The highest BCUT2D eigenvalue weighted by molar-refractivity contribution is 7.10. The number of nitrogens with two attached hydrogens (primary N) is 1. The Morgan fingerprint density at radius 2 is 2.15 bits per heavy atom. The lowest BCUT2D eigenvalue weighted by molar-refractivity contribution is 0.407. The topological polar surface area (TPSA) is 60.2 Å². The lowest BCUT2D eigenvalue weighted by Gasteiger charge is -2.16. The Morgan fingerprint density at radius 1 is 1.30 bits per heavy atom. The molecule has 0 saturated carbocycles. The summed E-state index contributed by atoms with van der Waals surface area (Å²) in [5, 5.41) is 3.09. The zero-order chi connectivity index (χ0) is 13.9. The monoisotopic (exact) mass is 285 g/mol. The van der Waals surface area contributed by atoms with Crippen LogP contribution in [-0.4, -0.2) is 12.1 Å². The molecular weight excluding hydrogens is 270 g/mol. The summed E-state index contributed by atoms with van der Waals surface area (Å²) in [4.78, 5) is 5.53. The van der Waals surface area contributed by atoms with E-state index in [4.69, 9.17) is 10.6 Å². The molecule has 2 aromatic heterocycles. The molecule has 0 fully saturated rings. The number of ether oxygens (including phenoxy) is 1. The fourth-order valence-electron chi connectivity index (χ4n) is 2.26. The van der Waals surface area contributed by atoms with Crippen LogP contribution in [0.1, 0.15) is 16.5 Å². The molecule has 1 unspecified atom stereocenters. The highest BCUT2D eigenvalue weighted by atomic mass is 32.1. The predicted octanol–water partition coefficient (Wildman–Crippen LogP) is 2.86. The molecule has 4 nitrogen and oxygen atoms in total. The Hall–Kier alpha value is -1.95. The molecule has 0 amide bonds. The van der Waals surface area contributed by atoms with Crippen LogP contribution in [0, 0.1) is 0 Å². The predicted molar refractivity (Wildman–Crippen MR) is 81.8 cm³/mol. The van der Waals surface area contributed by atoms with Gasteiger partial charge in [-0.25, -0.2) is 5.43 Å². The second kappa shape index (κ2) is 5.58. The smallest absolute Gasteiger partial charge is 0.134 e. The van der Waals surface area contributed by atoms with Crippen molar-refractivity contribution in [1.29, 1.82) is 0 Å². The van der Waals surface area contributed by atoms with Crippen LogP contribution >= 0.6 is 11.3 Å². The highest BCUT2D eigenvalue weighted by Crippen LogP contribution is 2.34. The minimum atomic E-state index is -0.123. The van der Waals surface area contributed by atoms with Gasteiger partial charge in [-0.2, -0.15) is 0 Å². The van der Waals surface area contributed by atoms with Gasteiger partial charge in [-0.05, 0) is 29.1 Å². The number of rotatable bonds is 4. The van der Waals surface area contributed by atoms with Crippen molar-refractivity contribution in [1.82, 2.24) is 10.4 Å². The number of benzene rings is 1. The van der Waals surface area contributed by atoms with E-state index in [0.717, 1.165) is 27.1 Å². The van der Waals surface area contributed by atoms with Gasteiger partial charge >= 0.3 is 0 Å². The first-order valence-electron chi connectivity index (χ1n) is 6.25. The average molecular weight is 285 g/mol. The van der Waals surface area contributed by atoms with E-state index >= 15 is 0 Å². The largest absolute Gasteiger partial charge is 0.496 e. The molecule has 0 radical (unpaired) electrons. The molecule has 0 saturated heterocycles. The van der Waals surface area contributed by atoms with Crippen molar-refractivity contribution >= 4 is 22.2 Å². The lowest BCUT2D eigenvalue weighted by atomic mass is 10.1. The van der Waals surface area contributed by atoms with Crippen molar-refractivity contribution in [2.75, 3.05) is 7.11 Å². The first kappa shape index (κ1) is 13.1. The van der Waals surface area contributed by atoms with Gasteiger partial charge < -0.3 is 4.74 Å². The number of hydrogen-bond acceptors (Lipinski definition) is 5. The van der Waals surface area contributed by atoms with Crippen LogP contribution < -0.4 is 16.0 Å². The van der Waals surface area contributed by atoms with Crippen molar-refractivity contribution < 1.29 is 4.74 Å². The summed E-state index contributed by atoms with van der Waals surface area (Å²) in [5.41, 5.74) is 4.85. The van der Waals surface area contributed by atoms with Crippen molar-refractivity contribution in [3.8, 4) is 5.75 Å². The molecular formula is C15H15N3OS. The molecule has 1 atom stereocenters. The molecule has 0 aliphatic carbocycles. The third-order valence-electron chi connectivity index (χ3n) is 3.25. The Balaban J connectivity index is 2.07. The van der Waals surface area contributed by atoms with E-state index in [1.54, 1.807) is 18.4 Å². The summed E-state index contributed by atoms with van der Waals surface area (Å²) in [6, 6.07) is 12.0. The van der Waals surface area contributed by atoms with Gasteiger partial charge in [-0.1, -0.05) is 18.2 Å². The molecule has 2 heterocycles. The van der Waals surface area contributed by atoms with Gasteiger partial charge in [0.15, 0.2) is 0 Å². The van der Waals surface area contributed by atoms with Crippen molar-refractivity contribution in [3.05, 3.63) is 58.4 Å². The van der Waals surface area contributed by atoms with E-state index in [2.05, 4.69) is 16.5 Å². The van der Waals surface area contributed by atoms with E-state index in [1.165, 1.54) is 0 Å². The second-order valence-corrected chi connectivity index (χ2v) is 5.36. The summed E-state index contributed by atoms with van der Waals surface area (Å²) >= 11 is 1.61. The molecule has 102 valence electrons. The molecule has 0 aliphatic heterocycles. The SMILES string of the molecule is COc1ccsc1C(NN)c1cnc2ccccc2c1. The van der Waals surface area contributed by atoms with Gasteiger partial charge in [-0.15, -0.1) is 11.3 Å². The highest BCUT2D eigenvalue weighted by Gasteiger charge is 2.19. The normalized spacial score (nSPS) is 12.5. The lowest BCUT2D eigenvalue weighted by Crippen LogP contribution is -2.28. The maximum absolute atomic E-state index is 5.74. The molecule has 1 aromatic carbocycles. The molecule has 0 spiro atoms. The number of fused-ring (bicyclic) bond motifs is 1. The number of para-hydroxylation sites is 1. The minimum absolute atomic E-state index is 0.123. The Morgan fingerprint density at radius 3 is 2.95 bits per heavy atom. The number of nitrogens with zero attached hydrogens (tertiary/aromatic N) is 1. The fourth-order valence-corrected chi connectivity index (χ4v) is 3.20. The first-order valence-corrected chi connectivity index (χ1v) is 7.13. The number of thiophene rings is 1. The molecule has 3 N–H and O–H groups in total. The standard InChI is InChI=1S/C15H15N3OS/c1-19-13-6-7-20-15(13)14(18-16)11-8-10-4-2-3-5-12(10)17-9-11/h2-9,14,18H,16H2,1H3. The maximum Gasteiger partial charge on any atom is 0.134 e. The second-order valence-electron chi connectivity index (χ2n) is 4.41. The Labute approximate surface area is 121 Å². The van der Waals surface area contributed by atoms with E-state index in [9.17, 15) is 0 Å². The zero-order valence-electron chi connectivity index (χ0n) is 11.0. The molecule has 3 rings (SSSR count). The van der Waals surface area contributed by atoms with Gasteiger partial charge in [0, 0.05) is 11.6 Å². The maximum atomic E-state index is 5.74. The van der Waals surface area contributed by atoms with E-state index in [-0.39, 0.29) is 6.04 Å². The van der Waals surface area contributed by atoms with Crippen LogP contribution in [0.5, 0.6) is 5.75 Å². The van der Waals surface area contributed by atoms with E-state index in [1.807, 2.05) is 41.9 Å². The van der Waals surface area contributed by atoms with Crippen molar-refractivity contribution in [2.24, 2.45) is 5.84 Å². The number of pyridine rings is 1. The number of hydrazine groups is 1. The van der Waals surface area contributed by atoms with Gasteiger partial charge in [0.25, 0.3) is 0 Å². The number of methoxy groups -OCH3 is 1. The number of nitrogens with one attached hydrogen (secondary N) is 1. The van der Waals surface area contributed by atoms with Crippen LogP contribution in [0.3, 0.4) is 0 Å². The quantitative estimate of drug-likeness (QED) is 0.571. The molecule has 20 heavy (non-hydrogen) atoms. The summed E-state index contributed by atoms with van der Waals surface area (Å²) in [7, 11) is 1.66. The average Bonchev–Trinajstić information content (AvgIpc) is 2.96. The van der Waals surface area contributed by atoms with Crippen LogP contribution in [0.25, 0.3) is 10.9 Å². The van der Waals surface area contributed by atoms with Gasteiger partial charge in [0.2, 0.25) is 0 Å². The van der Waals surface area contributed by atoms with Crippen LogP contribution in [0.15, 0.2) is 48.0 Å². The van der Waals surface area contributed by atoms with Crippen LogP contribution in [0.4, 0.5) is 0 Å². The third-order valence-corrected chi connectivity index (χ3v) is 4.21. The fraction of sp³-hybridized carbons (Fsp3) is 0.133. The van der Waals surface area contributed by atoms with Crippen LogP contribution in [0.2, 0.25) is 0 Å². The molecule has 3 aromatic rings. The zero-order valence-corrected chi connectivity index (χ0v) is 11.9. The molecule has 5 heteroatoms. The summed E-state index contributed by atoms with van der Waals surface area (Å²) in [6.07, 6.45) is 1.85. The number of hydrogen-bond donors (Lipinski definition) is 2. The minimum Gasteiger partial charge on any atom is -0.496 e. The first-order chi connectivity index (χ1) is 9.83. The summed E-state index contributed by atoms with van der Waals surface area (Å²) in [6.45, 7) is 0. The van der Waals surface area contributed by atoms with Crippen molar-refractivity contribution in [3.63, 3.8) is 0 Å². The van der Waals surface area contributed by atoms with E-state index < -0.39 is 0 Å². The van der Waals surface area contributed by atoms with Crippen LogP contribution in [-0.2, 0) is 0 Å². The van der Waals surface area contributed by atoms with E-state index in [0.29, 0.717) is 0 Å². The summed E-state index contributed by atoms with van der Waals surface area (Å²) in [5.74, 6) is 6.58. The van der Waals surface area contributed by atoms with Crippen molar-refractivity contribution in [2.45, 2.75) is 6.04 Å². The number of aromatic nitrogens is 1. The van der Waals surface area contributed by atoms with Gasteiger partial charge in [-0.3, -0.25) is 10.8 Å². The Bertz CT molecular complexity index is 726. The summed E-state index contributed by atoms with van der Waals surface area (Å²) < 4.78 is 5.37. The van der Waals surface area contributed by atoms with Gasteiger partial charge in [0.05, 0.1) is 23.5 Å². The molecule has 0 aliphatic rings. The Kier molecular flexibility index (Phi) is 3.64. The molecule has 0 bridgehead atoms.